The number of benzene rings is 9. The molecule has 9 aromatic carbocycles. The molecule has 8 heteroatoms. The van der Waals surface area contributed by atoms with Gasteiger partial charge in [-0.1, -0.05) is 125 Å². The zero-order valence-corrected chi connectivity index (χ0v) is 34.3. The van der Waals surface area contributed by atoms with Gasteiger partial charge < -0.3 is 18.0 Å². The van der Waals surface area contributed by atoms with Crippen LogP contribution < -0.4 is 32.8 Å². The summed E-state index contributed by atoms with van der Waals surface area (Å²) >= 11 is 3.88. The Kier molecular flexibility index (Phi) is 5.50. The van der Waals surface area contributed by atoms with Gasteiger partial charge in [-0.2, -0.15) is 0 Å². The average molecular weight is 821 g/mol. The Bertz CT molecular complexity index is 4050. The third-order valence-corrected chi connectivity index (χ3v) is 16.9. The number of nitrogens with zero attached hydrogens (tertiary/aromatic N) is 2. The largest absolute Gasteiger partial charge is 0.456 e. The zero-order chi connectivity index (χ0) is 39.7. The Hall–Kier alpha value is -6.99. The highest BCUT2D eigenvalue weighted by Crippen LogP contribution is 2.45. The molecule has 0 spiro atoms. The fourth-order valence-electron chi connectivity index (χ4n) is 12.2. The monoisotopic (exact) mass is 820 g/mol. The molecule has 4 nitrogen and oxygen atoms in total. The molecule has 282 valence electrons. The van der Waals surface area contributed by atoms with Gasteiger partial charge in [-0.3, -0.25) is 0 Å². The number of aromatic nitrogens is 2. The summed E-state index contributed by atoms with van der Waals surface area (Å²) in [6.45, 7) is 0.203. The smallest absolute Gasteiger partial charge is 0.249 e. The quantitative estimate of drug-likeness (QED) is 0.143. The van der Waals surface area contributed by atoms with Crippen LogP contribution in [0.2, 0.25) is 0 Å². The molecule has 4 aliphatic heterocycles. The van der Waals surface area contributed by atoms with E-state index in [2.05, 4.69) is 167 Å². The molecule has 0 saturated heterocycles. The molecule has 0 aliphatic carbocycles. The summed E-state index contributed by atoms with van der Waals surface area (Å²) in [5.74, 6) is 0. The lowest BCUT2D eigenvalue weighted by Crippen LogP contribution is -2.62. The van der Waals surface area contributed by atoms with Gasteiger partial charge in [-0.15, -0.1) is 0 Å². The number of hydrogen-bond acceptors (Lipinski definition) is 4. The lowest BCUT2D eigenvalue weighted by Gasteiger charge is -2.36. The minimum absolute atomic E-state index is 0.102. The standard InChI is InChI=1S/C54H26B2N2O2S2/c1-3-17-43-27(9-1)33-21-41-31(23-45(33)59-43)29-11-5-13-35-53(29)57(41)39-15-7-19-47-51(39)55(35)37-25-38-50(26-49(37)61-47)62-48-20-8-16-40-52(48)56(38)36-14-6-12-30-32-24-46-34(22-42(32)58(40)54(30)36)28-10-2-4-18-44(28)60-46/h1-26H. The van der Waals surface area contributed by atoms with Crippen molar-refractivity contribution in [3.05, 3.63) is 158 Å². The predicted octanol–water partition coefficient (Wildman–Crippen LogP) is 10.3. The Morgan fingerprint density at radius 3 is 1.32 bits per heavy atom. The maximum Gasteiger partial charge on any atom is 0.249 e. The minimum atomic E-state index is 0.102. The van der Waals surface area contributed by atoms with Crippen LogP contribution in [0.3, 0.4) is 0 Å². The minimum Gasteiger partial charge on any atom is -0.456 e. The lowest BCUT2D eigenvalue weighted by atomic mass is 9.32. The highest BCUT2D eigenvalue weighted by Gasteiger charge is 2.44. The van der Waals surface area contributed by atoms with Gasteiger partial charge in [0.05, 0.1) is 11.0 Å². The topological polar surface area (TPSA) is 36.1 Å². The van der Waals surface area contributed by atoms with E-state index in [1.807, 2.05) is 23.5 Å². The van der Waals surface area contributed by atoms with Crippen molar-refractivity contribution in [1.82, 2.24) is 9.13 Å². The third-order valence-electron chi connectivity index (χ3n) is 14.6. The van der Waals surface area contributed by atoms with Crippen molar-refractivity contribution in [2.75, 3.05) is 0 Å². The van der Waals surface area contributed by atoms with E-state index in [9.17, 15) is 0 Å². The van der Waals surface area contributed by atoms with Gasteiger partial charge in [0, 0.05) is 85.1 Å². The Labute approximate surface area is 361 Å². The second-order valence-electron chi connectivity index (χ2n) is 17.5. The van der Waals surface area contributed by atoms with Gasteiger partial charge in [-0.05, 0) is 88.6 Å². The molecule has 0 radical (unpaired) electrons. The first kappa shape index (κ1) is 31.8. The number of fused-ring (bicyclic) bond motifs is 20. The maximum atomic E-state index is 6.47. The SMILES string of the molecule is c1cc2c3c(c1)-n1c4cc5c(cc4c4cccc(c41)B3c1cc3c(cc1S2)Sc1cccc2c1B3c1cccc3c4cc6oc7ccccc7c6cc4n-2c13)oc1ccccc15. The fraction of sp³-hybridized carbons (Fsp3) is 0. The van der Waals surface area contributed by atoms with Crippen molar-refractivity contribution in [3.63, 3.8) is 0 Å². The van der Waals surface area contributed by atoms with Crippen LogP contribution in [-0.4, -0.2) is 22.6 Å². The van der Waals surface area contributed by atoms with E-state index in [0.29, 0.717) is 0 Å². The number of furan rings is 2. The normalized spacial score (nSPS) is 14.3. The summed E-state index contributed by atoms with van der Waals surface area (Å²) in [6, 6.07) is 59.1. The van der Waals surface area contributed by atoms with Gasteiger partial charge in [0.15, 0.2) is 0 Å². The van der Waals surface area contributed by atoms with Crippen LogP contribution in [-0.2, 0) is 0 Å². The molecule has 0 atom stereocenters. The molecule has 0 N–H and O–H groups in total. The van der Waals surface area contributed by atoms with Crippen LogP contribution in [0.15, 0.2) is 186 Å². The second kappa shape index (κ2) is 10.7. The Morgan fingerprint density at radius 2 is 0.806 bits per heavy atom. The van der Waals surface area contributed by atoms with Crippen molar-refractivity contribution in [2.24, 2.45) is 0 Å². The van der Waals surface area contributed by atoms with E-state index in [1.54, 1.807) is 0 Å². The van der Waals surface area contributed by atoms with Crippen LogP contribution in [0.4, 0.5) is 0 Å². The second-order valence-corrected chi connectivity index (χ2v) is 19.6. The fourth-order valence-corrected chi connectivity index (χ4v) is 14.7. The summed E-state index contributed by atoms with van der Waals surface area (Å²) < 4.78 is 18.0. The molecular weight excluding hydrogens is 794 g/mol. The Morgan fingerprint density at radius 1 is 0.339 bits per heavy atom. The first-order valence-electron chi connectivity index (χ1n) is 21.3. The molecule has 0 amide bonds. The molecule has 13 aromatic rings. The van der Waals surface area contributed by atoms with Crippen LogP contribution in [0.1, 0.15) is 0 Å². The van der Waals surface area contributed by atoms with E-state index in [1.165, 1.54) is 107 Å². The molecule has 4 aliphatic rings. The molecule has 8 heterocycles. The molecule has 0 fully saturated rings. The molecule has 4 aromatic heterocycles. The van der Waals surface area contributed by atoms with E-state index >= 15 is 0 Å². The van der Waals surface area contributed by atoms with Crippen molar-refractivity contribution in [3.8, 4) is 11.4 Å². The zero-order valence-electron chi connectivity index (χ0n) is 32.7. The highest BCUT2D eigenvalue weighted by molar-refractivity contribution is 8.01. The van der Waals surface area contributed by atoms with E-state index in [0.717, 1.165) is 43.9 Å². The van der Waals surface area contributed by atoms with Gasteiger partial charge in [0.2, 0.25) is 13.4 Å². The Balaban J connectivity index is 0.928. The predicted molar refractivity (Wildman–Crippen MR) is 260 cm³/mol. The average Bonchev–Trinajstić information content (AvgIpc) is 4.05. The molecule has 17 rings (SSSR count). The van der Waals surface area contributed by atoms with E-state index < -0.39 is 0 Å². The van der Waals surface area contributed by atoms with Crippen molar-refractivity contribution < 1.29 is 8.83 Å². The third kappa shape index (κ3) is 3.62. The van der Waals surface area contributed by atoms with Gasteiger partial charge in [0.1, 0.15) is 22.3 Å². The van der Waals surface area contributed by atoms with Crippen LogP contribution >= 0.6 is 23.5 Å². The number of hydrogen-bond donors (Lipinski definition) is 0. The van der Waals surface area contributed by atoms with Crippen molar-refractivity contribution >= 4 is 157 Å². The number of para-hydroxylation sites is 4. The number of rotatable bonds is 0. The maximum absolute atomic E-state index is 6.47. The van der Waals surface area contributed by atoms with Crippen LogP contribution in [0.25, 0.3) is 98.9 Å². The van der Waals surface area contributed by atoms with Crippen LogP contribution in [0, 0.1) is 0 Å². The van der Waals surface area contributed by atoms with Crippen LogP contribution in [0.5, 0.6) is 0 Å². The van der Waals surface area contributed by atoms with E-state index in [4.69, 9.17) is 8.83 Å². The molecule has 0 unspecified atom stereocenters. The first-order valence-corrected chi connectivity index (χ1v) is 22.9. The first-order chi connectivity index (χ1) is 30.7. The van der Waals surface area contributed by atoms with Crippen molar-refractivity contribution in [2.45, 2.75) is 19.6 Å². The summed E-state index contributed by atoms with van der Waals surface area (Å²) in [5, 5.41) is 9.65. The molecule has 0 bridgehead atoms. The lowest BCUT2D eigenvalue weighted by molar-refractivity contribution is 0.669. The highest BCUT2D eigenvalue weighted by atomic mass is 32.2. The van der Waals surface area contributed by atoms with Gasteiger partial charge >= 0.3 is 0 Å². The van der Waals surface area contributed by atoms with Gasteiger partial charge in [0.25, 0.3) is 0 Å². The molecular formula is C54H26B2N2O2S2. The van der Waals surface area contributed by atoms with Crippen molar-refractivity contribution in [1.29, 1.82) is 0 Å². The summed E-state index contributed by atoms with van der Waals surface area (Å²) in [4.78, 5) is 5.39. The summed E-state index contributed by atoms with van der Waals surface area (Å²) in [5.41, 5.74) is 19.7. The summed E-state index contributed by atoms with van der Waals surface area (Å²) in [6.07, 6.45) is 0. The molecule has 62 heavy (non-hydrogen) atoms. The van der Waals surface area contributed by atoms with Gasteiger partial charge in [-0.25, -0.2) is 0 Å². The summed E-state index contributed by atoms with van der Waals surface area (Å²) in [7, 11) is 0. The molecule has 0 saturated carbocycles. The van der Waals surface area contributed by atoms with E-state index in [-0.39, 0.29) is 13.4 Å².